The van der Waals surface area contributed by atoms with Gasteiger partial charge in [-0.2, -0.15) is 0 Å². The van der Waals surface area contributed by atoms with Crippen LogP contribution in [0.3, 0.4) is 0 Å². The van der Waals surface area contributed by atoms with Crippen molar-refractivity contribution in [2.45, 2.75) is 13.3 Å². The second-order valence-electron chi connectivity index (χ2n) is 4.80. The normalized spacial score (nSPS) is 10.7. The molecule has 3 rings (SSSR count). The third-order valence-corrected chi connectivity index (χ3v) is 3.24. The standard InChI is InChI=1S/C18H16O3/c1-2-12-20-18-16(19)14-10-6-7-11-15(14)21-17(18)13-8-4-3-5-9-13/h3-11H,2,12H2,1H3. The number of ether oxygens (including phenoxy) is 1. The van der Waals surface area contributed by atoms with Crippen LogP contribution in [-0.4, -0.2) is 6.61 Å². The number of hydrogen-bond acceptors (Lipinski definition) is 3. The van der Waals surface area contributed by atoms with Gasteiger partial charge in [-0.25, -0.2) is 0 Å². The van der Waals surface area contributed by atoms with Crippen LogP contribution in [-0.2, 0) is 0 Å². The Bertz CT molecular complexity index is 804. The molecule has 0 radical (unpaired) electrons. The maximum absolute atomic E-state index is 12.6. The summed E-state index contributed by atoms with van der Waals surface area (Å²) in [5.74, 6) is 0.787. The lowest BCUT2D eigenvalue weighted by atomic mass is 10.1. The van der Waals surface area contributed by atoms with Crippen molar-refractivity contribution in [1.82, 2.24) is 0 Å². The van der Waals surface area contributed by atoms with Crippen LogP contribution in [0.5, 0.6) is 5.75 Å². The molecule has 3 heteroatoms. The molecule has 0 fully saturated rings. The van der Waals surface area contributed by atoms with Gasteiger partial charge in [0.15, 0.2) is 5.76 Å². The number of benzene rings is 2. The minimum atomic E-state index is -0.121. The van der Waals surface area contributed by atoms with E-state index in [0.717, 1.165) is 12.0 Å². The third kappa shape index (κ3) is 2.55. The van der Waals surface area contributed by atoms with E-state index in [0.29, 0.717) is 29.1 Å². The molecule has 3 aromatic rings. The highest BCUT2D eigenvalue weighted by Gasteiger charge is 2.16. The van der Waals surface area contributed by atoms with Crippen molar-refractivity contribution < 1.29 is 9.15 Å². The SMILES string of the molecule is CCCOc1c(-c2ccccc2)oc2ccccc2c1=O. The zero-order valence-corrected chi connectivity index (χ0v) is 11.8. The van der Waals surface area contributed by atoms with Crippen molar-refractivity contribution in [2.75, 3.05) is 6.61 Å². The minimum absolute atomic E-state index is 0.121. The summed E-state index contributed by atoms with van der Waals surface area (Å²) in [6, 6.07) is 16.8. The van der Waals surface area contributed by atoms with Gasteiger partial charge >= 0.3 is 0 Å². The van der Waals surface area contributed by atoms with Crippen LogP contribution >= 0.6 is 0 Å². The second-order valence-corrected chi connectivity index (χ2v) is 4.80. The van der Waals surface area contributed by atoms with Gasteiger partial charge in [-0.3, -0.25) is 4.79 Å². The van der Waals surface area contributed by atoms with Crippen LogP contribution in [0.25, 0.3) is 22.3 Å². The summed E-state index contributed by atoms with van der Waals surface area (Å²) in [7, 11) is 0. The van der Waals surface area contributed by atoms with E-state index in [9.17, 15) is 4.79 Å². The predicted octanol–water partition coefficient (Wildman–Crippen LogP) is 4.25. The Hall–Kier alpha value is -2.55. The summed E-state index contributed by atoms with van der Waals surface area (Å²) in [6.45, 7) is 2.49. The summed E-state index contributed by atoms with van der Waals surface area (Å²) in [6.07, 6.45) is 0.834. The van der Waals surface area contributed by atoms with E-state index < -0.39 is 0 Å². The molecule has 0 aliphatic rings. The van der Waals surface area contributed by atoms with Crippen LogP contribution in [0, 0.1) is 0 Å². The molecule has 2 aromatic carbocycles. The fourth-order valence-corrected chi connectivity index (χ4v) is 2.24. The maximum atomic E-state index is 12.6. The zero-order chi connectivity index (χ0) is 14.7. The van der Waals surface area contributed by atoms with Crippen molar-refractivity contribution in [1.29, 1.82) is 0 Å². The first-order valence-electron chi connectivity index (χ1n) is 7.05. The van der Waals surface area contributed by atoms with Crippen molar-refractivity contribution in [3.63, 3.8) is 0 Å². The first-order valence-corrected chi connectivity index (χ1v) is 7.05. The third-order valence-electron chi connectivity index (χ3n) is 3.24. The molecule has 0 spiro atoms. The molecule has 3 nitrogen and oxygen atoms in total. The Morgan fingerprint density at radius 1 is 1.00 bits per heavy atom. The van der Waals surface area contributed by atoms with Crippen LogP contribution in [0.4, 0.5) is 0 Å². The average Bonchev–Trinajstić information content (AvgIpc) is 2.55. The van der Waals surface area contributed by atoms with Gasteiger partial charge in [0.2, 0.25) is 11.2 Å². The Kier molecular flexibility index (Phi) is 3.73. The molecule has 0 atom stereocenters. The topological polar surface area (TPSA) is 39.4 Å². The van der Waals surface area contributed by atoms with Crippen LogP contribution in [0.1, 0.15) is 13.3 Å². The molecule has 0 aliphatic carbocycles. The van der Waals surface area contributed by atoms with Crippen molar-refractivity contribution in [3.05, 3.63) is 64.8 Å². The Balaban J connectivity index is 2.28. The average molecular weight is 280 g/mol. The fraction of sp³-hybridized carbons (Fsp3) is 0.167. The number of para-hydroxylation sites is 1. The highest BCUT2D eigenvalue weighted by atomic mass is 16.5. The van der Waals surface area contributed by atoms with E-state index in [2.05, 4.69) is 0 Å². The van der Waals surface area contributed by atoms with E-state index in [1.54, 1.807) is 12.1 Å². The summed E-state index contributed by atoms with van der Waals surface area (Å²) in [4.78, 5) is 12.6. The fourth-order valence-electron chi connectivity index (χ4n) is 2.24. The molecule has 106 valence electrons. The molecular formula is C18H16O3. The van der Waals surface area contributed by atoms with Gasteiger partial charge in [0.1, 0.15) is 5.58 Å². The Labute approximate surface area is 122 Å². The van der Waals surface area contributed by atoms with E-state index in [4.69, 9.17) is 9.15 Å². The van der Waals surface area contributed by atoms with Crippen molar-refractivity contribution in [2.24, 2.45) is 0 Å². The Morgan fingerprint density at radius 3 is 2.48 bits per heavy atom. The summed E-state index contributed by atoms with van der Waals surface area (Å²) >= 11 is 0. The smallest absolute Gasteiger partial charge is 0.235 e. The summed E-state index contributed by atoms with van der Waals surface area (Å²) < 4.78 is 11.6. The molecular weight excluding hydrogens is 264 g/mol. The van der Waals surface area contributed by atoms with Gasteiger partial charge < -0.3 is 9.15 Å². The quantitative estimate of drug-likeness (QED) is 0.717. The molecule has 0 saturated carbocycles. The van der Waals surface area contributed by atoms with E-state index in [1.807, 2.05) is 49.4 Å². The van der Waals surface area contributed by atoms with Gasteiger partial charge in [-0.1, -0.05) is 49.4 Å². The van der Waals surface area contributed by atoms with Crippen LogP contribution < -0.4 is 10.2 Å². The van der Waals surface area contributed by atoms with E-state index in [-0.39, 0.29) is 5.43 Å². The highest BCUT2D eigenvalue weighted by molar-refractivity contribution is 5.81. The van der Waals surface area contributed by atoms with E-state index in [1.165, 1.54) is 0 Å². The summed E-state index contributed by atoms with van der Waals surface area (Å²) in [5.41, 5.74) is 1.29. The predicted molar refractivity (Wildman–Crippen MR) is 83.7 cm³/mol. The Morgan fingerprint density at radius 2 is 1.71 bits per heavy atom. The lowest BCUT2D eigenvalue weighted by Gasteiger charge is -2.10. The highest BCUT2D eigenvalue weighted by Crippen LogP contribution is 2.30. The molecule has 0 aliphatic heterocycles. The number of rotatable bonds is 4. The van der Waals surface area contributed by atoms with Crippen molar-refractivity contribution in [3.8, 4) is 17.1 Å². The molecule has 21 heavy (non-hydrogen) atoms. The minimum Gasteiger partial charge on any atom is -0.486 e. The second kappa shape index (κ2) is 5.83. The lowest BCUT2D eigenvalue weighted by molar-refractivity contribution is 0.309. The molecule has 0 amide bonds. The largest absolute Gasteiger partial charge is 0.486 e. The van der Waals surface area contributed by atoms with Gasteiger partial charge in [0.25, 0.3) is 0 Å². The van der Waals surface area contributed by atoms with Gasteiger partial charge in [0, 0.05) is 5.56 Å². The van der Waals surface area contributed by atoms with Gasteiger partial charge in [-0.15, -0.1) is 0 Å². The molecule has 0 unspecified atom stereocenters. The lowest BCUT2D eigenvalue weighted by Crippen LogP contribution is -2.10. The zero-order valence-electron chi connectivity index (χ0n) is 11.8. The van der Waals surface area contributed by atoms with Gasteiger partial charge in [-0.05, 0) is 18.6 Å². The number of fused-ring (bicyclic) bond motifs is 1. The monoisotopic (exact) mass is 280 g/mol. The molecule has 0 N–H and O–H groups in total. The molecule has 1 heterocycles. The molecule has 0 saturated heterocycles. The van der Waals surface area contributed by atoms with Crippen molar-refractivity contribution >= 4 is 11.0 Å². The molecule has 0 bridgehead atoms. The van der Waals surface area contributed by atoms with Crippen LogP contribution in [0.2, 0.25) is 0 Å². The molecule has 1 aromatic heterocycles. The first-order chi connectivity index (χ1) is 10.3. The maximum Gasteiger partial charge on any atom is 0.235 e. The summed E-state index contributed by atoms with van der Waals surface area (Å²) in [5, 5.41) is 0.545. The van der Waals surface area contributed by atoms with E-state index >= 15 is 0 Å². The van der Waals surface area contributed by atoms with Crippen LogP contribution in [0.15, 0.2) is 63.8 Å². The number of hydrogen-bond donors (Lipinski definition) is 0. The first kappa shape index (κ1) is 13.4. The van der Waals surface area contributed by atoms with Gasteiger partial charge in [0.05, 0.1) is 12.0 Å².